The predicted molar refractivity (Wildman–Crippen MR) is 102 cm³/mol. The van der Waals surface area contributed by atoms with E-state index in [2.05, 4.69) is 10.9 Å². The summed E-state index contributed by atoms with van der Waals surface area (Å²) in [5.41, 5.74) is 7.71. The zero-order chi connectivity index (χ0) is 20.0. The number of amides is 1. The number of phenols is 1. The number of aliphatic hydroxyl groups excluding tert-OH is 1. The van der Waals surface area contributed by atoms with Gasteiger partial charge in [0.25, 0.3) is 0 Å². The number of likely N-dealkylation sites (tertiary alicyclic amines) is 1. The van der Waals surface area contributed by atoms with Gasteiger partial charge in [0, 0.05) is 28.6 Å². The van der Waals surface area contributed by atoms with Gasteiger partial charge < -0.3 is 15.1 Å². The van der Waals surface area contributed by atoms with Gasteiger partial charge in [0.2, 0.25) is 5.91 Å². The van der Waals surface area contributed by atoms with Gasteiger partial charge in [-0.15, -0.1) is 0 Å². The van der Waals surface area contributed by atoms with Gasteiger partial charge in [0.1, 0.15) is 17.6 Å². The summed E-state index contributed by atoms with van der Waals surface area (Å²) in [4.78, 5) is 14.5. The number of nitrogens with zero attached hydrogens (tertiary/aromatic N) is 1. The Balaban J connectivity index is 1.82. The fourth-order valence-corrected chi connectivity index (χ4v) is 4.51. The first-order valence-corrected chi connectivity index (χ1v) is 9.47. The quantitative estimate of drug-likeness (QED) is 0.626. The summed E-state index contributed by atoms with van der Waals surface area (Å²) in [6.45, 7) is 1.66. The number of aliphatic hydroxyl groups is 1. The average Bonchev–Trinajstić information content (AvgIpc) is 3.19. The zero-order valence-electron chi connectivity index (χ0n) is 15.2. The maximum Gasteiger partial charge on any atom is 0.242 e. The molecule has 0 spiro atoms. The van der Waals surface area contributed by atoms with Crippen LogP contribution in [0.5, 0.6) is 5.75 Å². The van der Waals surface area contributed by atoms with E-state index in [4.69, 9.17) is 11.6 Å². The standard InChI is InChI=1S/C20H21ClFN3O3/c1-10-8-15(27)12(9-13(10)21)17-16-18(24-23-17)20(28)25(6-7-26)19(16)11-4-2-3-5-14(11)22/h2-5,8-9,16-19,23-24,26-27H,6-7H2,1H3. The number of aromatic hydroxyl groups is 1. The lowest BCUT2D eigenvalue weighted by Gasteiger charge is -2.31. The molecule has 2 aliphatic rings. The van der Waals surface area contributed by atoms with Crippen LogP contribution in [0.2, 0.25) is 5.02 Å². The fraction of sp³-hybridized carbons (Fsp3) is 0.350. The molecule has 4 N–H and O–H groups in total. The van der Waals surface area contributed by atoms with Gasteiger partial charge in [-0.05, 0) is 30.7 Å². The van der Waals surface area contributed by atoms with Crippen molar-refractivity contribution >= 4 is 17.5 Å². The molecular formula is C20H21ClFN3O3. The van der Waals surface area contributed by atoms with Crippen LogP contribution in [-0.2, 0) is 4.79 Å². The van der Waals surface area contributed by atoms with E-state index in [0.29, 0.717) is 16.1 Å². The van der Waals surface area contributed by atoms with E-state index in [1.165, 1.54) is 11.0 Å². The number of phenolic OH excluding ortho intramolecular Hbond substituents is 1. The highest BCUT2D eigenvalue weighted by atomic mass is 35.5. The molecule has 0 bridgehead atoms. The Morgan fingerprint density at radius 2 is 1.89 bits per heavy atom. The molecule has 0 radical (unpaired) electrons. The number of rotatable bonds is 4. The highest BCUT2D eigenvalue weighted by molar-refractivity contribution is 6.31. The van der Waals surface area contributed by atoms with Crippen molar-refractivity contribution in [3.8, 4) is 5.75 Å². The molecule has 148 valence electrons. The number of carbonyl (C=O) groups is 1. The summed E-state index contributed by atoms with van der Waals surface area (Å²) < 4.78 is 14.7. The van der Waals surface area contributed by atoms with Gasteiger partial charge in [-0.1, -0.05) is 29.8 Å². The van der Waals surface area contributed by atoms with Crippen molar-refractivity contribution in [2.75, 3.05) is 13.2 Å². The molecule has 6 nitrogen and oxygen atoms in total. The number of benzene rings is 2. The summed E-state index contributed by atoms with van der Waals surface area (Å²) in [5, 5.41) is 20.5. The molecular weight excluding hydrogens is 385 g/mol. The van der Waals surface area contributed by atoms with Crippen LogP contribution in [0.25, 0.3) is 0 Å². The monoisotopic (exact) mass is 405 g/mol. The molecule has 2 fully saturated rings. The molecule has 0 saturated carbocycles. The second-order valence-electron chi connectivity index (χ2n) is 7.20. The van der Waals surface area contributed by atoms with Gasteiger partial charge in [0.15, 0.2) is 0 Å². The Hall–Kier alpha value is -2.19. The van der Waals surface area contributed by atoms with Gasteiger partial charge in [-0.2, -0.15) is 0 Å². The van der Waals surface area contributed by atoms with E-state index in [1.807, 2.05) is 0 Å². The normalized spacial score (nSPS) is 26.7. The van der Waals surface area contributed by atoms with Crippen molar-refractivity contribution in [3.05, 3.63) is 63.9 Å². The number of carbonyl (C=O) groups excluding carboxylic acids is 1. The van der Waals surface area contributed by atoms with Crippen molar-refractivity contribution in [1.29, 1.82) is 0 Å². The largest absolute Gasteiger partial charge is 0.508 e. The molecule has 2 aromatic rings. The molecule has 28 heavy (non-hydrogen) atoms. The van der Waals surface area contributed by atoms with E-state index in [1.54, 1.807) is 37.3 Å². The Morgan fingerprint density at radius 1 is 1.18 bits per heavy atom. The summed E-state index contributed by atoms with van der Waals surface area (Å²) in [6, 6.07) is 7.89. The first kappa shape index (κ1) is 19.1. The maximum absolute atomic E-state index is 14.7. The molecule has 8 heteroatoms. The lowest BCUT2D eigenvalue weighted by atomic mass is 9.82. The minimum absolute atomic E-state index is 0.0576. The third-order valence-electron chi connectivity index (χ3n) is 5.62. The van der Waals surface area contributed by atoms with Crippen LogP contribution in [0.4, 0.5) is 4.39 Å². The summed E-state index contributed by atoms with van der Waals surface area (Å²) >= 11 is 6.26. The minimum atomic E-state index is -0.611. The van der Waals surface area contributed by atoms with Crippen molar-refractivity contribution in [1.82, 2.24) is 15.8 Å². The lowest BCUT2D eigenvalue weighted by Crippen LogP contribution is -2.42. The minimum Gasteiger partial charge on any atom is -0.508 e. The third-order valence-corrected chi connectivity index (χ3v) is 6.03. The molecule has 1 amide bonds. The number of hydrogen-bond acceptors (Lipinski definition) is 5. The van der Waals surface area contributed by atoms with E-state index in [9.17, 15) is 19.4 Å². The average molecular weight is 406 g/mol. The fourth-order valence-electron chi connectivity index (χ4n) is 4.34. The Labute approximate surface area is 166 Å². The van der Waals surface area contributed by atoms with Gasteiger partial charge in [-0.3, -0.25) is 4.79 Å². The number of β-amino-alcohol motifs (C(OH)–C–C–N with tert-alkyl or cyclic N) is 1. The number of nitrogens with one attached hydrogen (secondary N) is 2. The van der Waals surface area contributed by atoms with Crippen LogP contribution in [-0.4, -0.2) is 40.2 Å². The molecule has 2 aliphatic heterocycles. The molecule has 2 saturated heterocycles. The summed E-state index contributed by atoms with van der Waals surface area (Å²) in [6.07, 6.45) is 0. The summed E-state index contributed by atoms with van der Waals surface area (Å²) in [7, 11) is 0. The van der Waals surface area contributed by atoms with Crippen LogP contribution in [0.3, 0.4) is 0 Å². The molecule has 4 rings (SSSR count). The van der Waals surface area contributed by atoms with Crippen LogP contribution in [0.1, 0.15) is 28.8 Å². The third kappa shape index (κ3) is 2.95. The smallest absolute Gasteiger partial charge is 0.242 e. The van der Waals surface area contributed by atoms with Gasteiger partial charge in [-0.25, -0.2) is 15.2 Å². The summed E-state index contributed by atoms with van der Waals surface area (Å²) in [5.74, 6) is -0.983. The van der Waals surface area contributed by atoms with E-state index < -0.39 is 29.9 Å². The molecule has 0 aromatic heterocycles. The first-order valence-electron chi connectivity index (χ1n) is 9.10. The van der Waals surface area contributed by atoms with Gasteiger partial charge >= 0.3 is 0 Å². The van der Waals surface area contributed by atoms with Crippen LogP contribution >= 0.6 is 11.6 Å². The number of halogens is 2. The van der Waals surface area contributed by atoms with E-state index in [0.717, 1.165) is 5.56 Å². The van der Waals surface area contributed by atoms with Crippen LogP contribution < -0.4 is 10.9 Å². The Kier molecular flexibility index (Phi) is 5.01. The highest BCUT2D eigenvalue weighted by Crippen LogP contribution is 2.49. The Bertz CT molecular complexity index is 926. The second-order valence-corrected chi connectivity index (χ2v) is 7.61. The van der Waals surface area contributed by atoms with Crippen LogP contribution in [0, 0.1) is 18.7 Å². The predicted octanol–water partition coefficient (Wildman–Crippen LogP) is 2.20. The van der Waals surface area contributed by atoms with Crippen molar-refractivity contribution in [2.24, 2.45) is 5.92 Å². The number of hydrazine groups is 1. The molecule has 2 aromatic carbocycles. The lowest BCUT2D eigenvalue weighted by molar-refractivity contribution is -0.131. The number of aryl methyl sites for hydroxylation is 1. The van der Waals surface area contributed by atoms with Crippen molar-refractivity contribution in [2.45, 2.75) is 25.0 Å². The van der Waals surface area contributed by atoms with E-state index >= 15 is 0 Å². The maximum atomic E-state index is 14.7. The Morgan fingerprint density at radius 3 is 2.61 bits per heavy atom. The topological polar surface area (TPSA) is 84.8 Å². The first-order chi connectivity index (χ1) is 13.4. The number of hydrogen-bond donors (Lipinski definition) is 4. The highest BCUT2D eigenvalue weighted by Gasteiger charge is 2.56. The molecule has 4 unspecified atom stereocenters. The van der Waals surface area contributed by atoms with Gasteiger partial charge in [0.05, 0.1) is 18.7 Å². The SMILES string of the molecule is Cc1cc(O)c(C2NNC3C(=O)N(CCO)C(c4ccccc4F)C32)cc1Cl. The van der Waals surface area contributed by atoms with Crippen molar-refractivity contribution < 1.29 is 19.4 Å². The zero-order valence-corrected chi connectivity index (χ0v) is 15.9. The van der Waals surface area contributed by atoms with Crippen LogP contribution in [0.15, 0.2) is 36.4 Å². The van der Waals surface area contributed by atoms with Crippen molar-refractivity contribution in [3.63, 3.8) is 0 Å². The number of fused-ring (bicyclic) bond motifs is 1. The van der Waals surface area contributed by atoms with E-state index in [-0.39, 0.29) is 24.8 Å². The second kappa shape index (κ2) is 7.33. The molecule has 4 atom stereocenters. The molecule has 0 aliphatic carbocycles. The molecule has 2 heterocycles.